The van der Waals surface area contributed by atoms with Crippen LogP contribution in [0.5, 0.6) is 0 Å². The predicted molar refractivity (Wildman–Crippen MR) is 109 cm³/mol. The van der Waals surface area contributed by atoms with E-state index in [1.54, 1.807) is 4.90 Å². The number of nitrogens with zero attached hydrogens (tertiary/aromatic N) is 3. The van der Waals surface area contributed by atoms with Crippen molar-refractivity contribution in [3.63, 3.8) is 0 Å². The van der Waals surface area contributed by atoms with Gasteiger partial charge >= 0.3 is 0 Å². The Morgan fingerprint density at radius 1 is 1.21 bits per heavy atom. The van der Waals surface area contributed by atoms with Crippen molar-refractivity contribution in [1.29, 1.82) is 5.26 Å². The molecule has 0 saturated heterocycles. The van der Waals surface area contributed by atoms with Crippen molar-refractivity contribution in [1.82, 2.24) is 9.47 Å². The summed E-state index contributed by atoms with van der Waals surface area (Å²) in [6.07, 6.45) is 9.88. The fourth-order valence-corrected chi connectivity index (χ4v) is 4.78. The Hall–Kier alpha value is -2.32. The molecule has 1 aromatic heterocycles. The molecule has 0 amide bonds. The molecule has 2 aromatic rings. The Labute approximate surface area is 168 Å². The Kier molecular flexibility index (Phi) is 5.41. The third-order valence-electron chi connectivity index (χ3n) is 5.82. The number of rotatable bonds is 5. The van der Waals surface area contributed by atoms with Crippen molar-refractivity contribution >= 4 is 28.2 Å². The van der Waals surface area contributed by atoms with Crippen LogP contribution >= 0.6 is 11.6 Å². The number of fused-ring (bicyclic) bond motifs is 1. The number of para-hydroxylation sites is 1. The molecule has 146 valence electrons. The molecule has 1 aliphatic heterocycles. The van der Waals surface area contributed by atoms with Crippen molar-refractivity contribution in [2.45, 2.75) is 37.8 Å². The molecule has 2 aliphatic rings. The van der Waals surface area contributed by atoms with Gasteiger partial charge in [-0.1, -0.05) is 48.7 Å². The lowest BCUT2D eigenvalue weighted by atomic mass is 10.1. The topological polar surface area (TPSA) is 32.0 Å². The SMILES string of the molecule is N#Cc1c(C2=CC=CCN2C(CF)CF)n(C2CCCC2)c2c(Cl)cccc12. The second kappa shape index (κ2) is 7.97. The van der Waals surface area contributed by atoms with Gasteiger partial charge in [-0.2, -0.15) is 5.26 Å². The van der Waals surface area contributed by atoms with Gasteiger partial charge in [0.05, 0.1) is 33.5 Å². The van der Waals surface area contributed by atoms with E-state index in [9.17, 15) is 14.0 Å². The van der Waals surface area contributed by atoms with Gasteiger partial charge in [-0.15, -0.1) is 0 Å². The largest absolute Gasteiger partial charge is 0.358 e. The van der Waals surface area contributed by atoms with Crippen LogP contribution < -0.4 is 0 Å². The van der Waals surface area contributed by atoms with Crippen LogP contribution in [-0.2, 0) is 0 Å². The van der Waals surface area contributed by atoms with E-state index in [0.29, 0.717) is 22.8 Å². The molecule has 0 radical (unpaired) electrons. The van der Waals surface area contributed by atoms with Gasteiger partial charge in [0, 0.05) is 18.0 Å². The van der Waals surface area contributed by atoms with Gasteiger partial charge in [0.15, 0.2) is 0 Å². The molecule has 6 heteroatoms. The molecule has 0 bridgehead atoms. The molecule has 0 spiro atoms. The number of benzene rings is 1. The highest BCUT2D eigenvalue weighted by atomic mass is 35.5. The standard InChI is InChI=1S/C22H22ClF2N3/c23-19-9-5-8-17-18(14-26)22(28(21(17)19)15-6-1-2-7-15)20-10-3-4-11-27(20)16(12-24)13-25/h3-5,8-10,15-16H,1-2,6-7,11-13H2. The molecule has 0 N–H and O–H groups in total. The van der Waals surface area contributed by atoms with Gasteiger partial charge < -0.3 is 9.47 Å². The summed E-state index contributed by atoms with van der Waals surface area (Å²) in [4.78, 5) is 1.73. The molecule has 1 fully saturated rings. The number of alkyl halides is 2. The maximum atomic E-state index is 13.6. The van der Waals surface area contributed by atoms with Gasteiger partial charge in [-0.3, -0.25) is 0 Å². The van der Waals surface area contributed by atoms with E-state index in [-0.39, 0.29) is 6.04 Å². The zero-order chi connectivity index (χ0) is 19.7. The summed E-state index contributed by atoms with van der Waals surface area (Å²) in [6.45, 7) is -1.16. The van der Waals surface area contributed by atoms with E-state index in [0.717, 1.165) is 42.3 Å². The summed E-state index contributed by atoms with van der Waals surface area (Å²) in [5.74, 6) is 0. The van der Waals surface area contributed by atoms with Crippen LogP contribution in [0, 0.1) is 11.3 Å². The average Bonchev–Trinajstić information content (AvgIpc) is 3.35. The highest BCUT2D eigenvalue weighted by Crippen LogP contribution is 2.43. The lowest BCUT2D eigenvalue weighted by molar-refractivity contribution is 0.211. The molecular weight excluding hydrogens is 380 g/mol. The Bertz CT molecular complexity index is 976. The second-order valence-electron chi connectivity index (χ2n) is 7.37. The normalized spacial score (nSPS) is 17.5. The fraction of sp³-hybridized carbons (Fsp3) is 0.409. The molecule has 2 heterocycles. The molecule has 1 saturated carbocycles. The molecule has 1 aliphatic carbocycles. The average molecular weight is 402 g/mol. The first kappa shape index (κ1) is 19.0. The van der Waals surface area contributed by atoms with Crippen molar-refractivity contribution in [3.8, 4) is 6.07 Å². The van der Waals surface area contributed by atoms with Gasteiger partial charge in [0.25, 0.3) is 0 Å². The van der Waals surface area contributed by atoms with Crippen molar-refractivity contribution in [2.24, 2.45) is 0 Å². The maximum absolute atomic E-state index is 13.6. The molecule has 4 rings (SSSR count). The van der Waals surface area contributed by atoms with Gasteiger partial charge in [0.1, 0.15) is 19.4 Å². The minimum absolute atomic E-state index is 0.224. The molecule has 0 unspecified atom stereocenters. The second-order valence-corrected chi connectivity index (χ2v) is 7.78. The van der Waals surface area contributed by atoms with E-state index in [1.807, 2.05) is 36.4 Å². The molecule has 28 heavy (non-hydrogen) atoms. The fourth-order valence-electron chi connectivity index (χ4n) is 4.51. The zero-order valence-electron chi connectivity index (χ0n) is 15.5. The smallest absolute Gasteiger partial charge is 0.112 e. The van der Waals surface area contributed by atoms with E-state index >= 15 is 0 Å². The molecule has 3 nitrogen and oxygen atoms in total. The van der Waals surface area contributed by atoms with Crippen molar-refractivity contribution < 1.29 is 8.78 Å². The molecule has 1 aromatic carbocycles. The van der Waals surface area contributed by atoms with Crippen LogP contribution in [-0.4, -0.2) is 35.4 Å². The van der Waals surface area contributed by atoms with Crippen molar-refractivity contribution in [2.75, 3.05) is 19.9 Å². The van der Waals surface area contributed by atoms with E-state index in [1.165, 1.54) is 0 Å². The van der Waals surface area contributed by atoms with Crippen LogP contribution in [0.25, 0.3) is 16.6 Å². The lowest BCUT2D eigenvalue weighted by Crippen LogP contribution is -2.39. The third-order valence-corrected chi connectivity index (χ3v) is 6.12. The van der Waals surface area contributed by atoms with Gasteiger partial charge in [0.2, 0.25) is 0 Å². The first-order chi connectivity index (χ1) is 13.7. The lowest BCUT2D eigenvalue weighted by Gasteiger charge is -2.34. The summed E-state index contributed by atoms with van der Waals surface area (Å²) in [5, 5.41) is 11.4. The number of hydrogen-bond donors (Lipinski definition) is 0. The third kappa shape index (κ3) is 3.00. The maximum Gasteiger partial charge on any atom is 0.112 e. The summed E-state index contributed by atoms with van der Waals surface area (Å²) < 4.78 is 29.3. The number of allylic oxidation sites excluding steroid dienone is 2. The van der Waals surface area contributed by atoms with Crippen molar-refractivity contribution in [3.05, 3.63) is 52.7 Å². The first-order valence-corrected chi connectivity index (χ1v) is 10.1. The minimum atomic E-state index is -0.867. The Balaban J connectivity index is 2.01. The zero-order valence-corrected chi connectivity index (χ0v) is 16.3. The van der Waals surface area contributed by atoms with Crippen LogP contribution in [0.15, 0.2) is 36.4 Å². The van der Waals surface area contributed by atoms with Crippen LogP contribution in [0.3, 0.4) is 0 Å². The number of hydrogen-bond acceptors (Lipinski definition) is 2. The van der Waals surface area contributed by atoms with Crippen LogP contribution in [0.4, 0.5) is 8.78 Å². The Morgan fingerprint density at radius 3 is 2.64 bits per heavy atom. The van der Waals surface area contributed by atoms with E-state index in [2.05, 4.69) is 10.6 Å². The summed E-state index contributed by atoms with van der Waals surface area (Å²) in [5.41, 5.74) is 2.79. The first-order valence-electron chi connectivity index (χ1n) is 9.69. The summed E-state index contributed by atoms with van der Waals surface area (Å²) >= 11 is 6.58. The number of nitriles is 1. The highest BCUT2D eigenvalue weighted by molar-refractivity contribution is 6.35. The van der Waals surface area contributed by atoms with Gasteiger partial charge in [-0.05, 0) is 25.0 Å². The number of halogens is 3. The van der Waals surface area contributed by atoms with E-state index < -0.39 is 19.4 Å². The van der Waals surface area contributed by atoms with E-state index in [4.69, 9.17) is 11.6 Å². The molecular formula is C22H22ClF2N3. The summed E-state index contributed by atoms with van der Waals surface area (Å²) in [6, 6.07) is 7.28. The minimum Gasteiger partial charge on any atom is -0.358 e. The Morgan fingerprint density at radius 2 is 1.96 bits per heavy atom. The number of aromatic nitrogens is 1. The predicted octanol–water partition coefficient (Wildman–Crippen LogP) is 5.80. The van der Waals surface area contributed by atoms with Gasteiger partial charge in [-0.25, -0.2) is 8.78 Å². The van der Waals surface area contributed by atoms with Crippen LogP contribution in [0.2, 0.25) is 5.02 Å². The quantitative estimate of drug-likeness (QED) is 0.634. The monoisotopic (exact) mass is 401 g/mol. The summed E-state index contributed by atoms with van der Waals surface area (Å²) in [7, 11) is 0. The molecule has 0 atom stereocenters. The highest BCUT2D eigenvalue weighted by Gasteiger charge is 2.32. The van der Waals surface area contributed by atoms with Crippen LogP contribution in [0.1, 0.15) is 43.0 Å².